The summed E-state index contributed by atoms with van der Waals surface area (Å²) in [5.74, 6) is 2.03. The van der Waals surface area contributed by atoms with Crippen molar-refractivity contribution in [2.75, 3.05) is 11.9 Å². The molecule has 0 saturated heterocycles. The summed E-state index contributed by atoms with van der Waals surface area (Å²) in [6.07, 6.45) is 6.56. The smallest absolute Gasteiger partial charge is 0.266 e. The molecular weight excluding hydrogens is 371 g/mol. The van der Waals surface area contributed by atoms with E-state index in [1.807, 2.05) is 25.1 Å². The van der Waals surface area contributed by atoms with Gasteiger partial charge in [-0.2, -0.15) is 5.26 Å². The average molecular weight is 385 g/mol. The van der Waals surface area contributed by atoms with Gasteiger partial charge in [0.2, 0.25) is 0 Å². The minimum atomic E-state index is -0.560. The zero-order valence-corrected chi connectivity index (χ0v) is 15.4. The van der Waals surface area contributed by atoms with Gasteiger partial charge in [0.1, 0.15) is 24.0 Å². The Hall–Kier alpha value is -2.92. The van der Waals surface area contributed by atoms with Crippen LogP contribution in [0.3, 0.4) is 0 Å². The van der Waals surface area contributed by atoms with Crippen molar-refractivity contribution in [1.82, 2.24) is 0 Å². The molecule has 2 rings (SSSR count). The number of nitrogens with one attached hydrogen (secondary N) is 1. The van der Waals surface area contributed by atoms with Crippen molar-refractivity contribution < 1.29 is 9.53 Å². The van der Waals surface area contributed by atoms with Crippen molar-refractivity contribution in [3.05, 3.63) is 63.1 Å². The summed E-state index contributed by atoms with van der Waals surface area (Å²) >= 11 is 12.1. The molecule has 0 bridgehead atoms. The maximum Gasteiger partial charge on any atom is 0.266 e. The molecule has 4 nitrogen and oxygen atoms in total. The van der Waals surface area contributed by atoms with Crippen molar-refractivity contribution in [3.63, 3.8) is 0 Å². The second-order valence-corrected chi connectivity index (χ2v) is 6.13. The highest BCUT2D eigenvalue weighted by atomic mass is 35.5. The first-order chi connectivity index (χ1) is 12.4. The topological polar surface area (TPSA) is 62.1 Å². The van der Waals surface area contributed by atoms with E-state index >= 15 is 0 Å². The van der Waals surface area contributed by atoms with E-state index in [4.69, 9.17) is 34.4 Å². The first-order valence-electron chi connectivity index (χ1n) is 7.49. The fraction of sp³-hybridized carbons (Fsp3) is 0.100. The van der Waals surface area contributed by atoms with Crippen molar-refractivity contribution in [1.29, 1.82) is 5.26 Å². The molecule has 0 heterocycles. The summed E-state index contributed by atoms with van der Waals surface area (Å²) in [5.41, 5.74) is 1.89. The predicted molar refractivity (Wildman–Crippen MR) is 104 cm³/mol. The van der Waals surface area contributed by atoms with Crippen LogP contribution >= 0.6 is 23.2 Å². The van der Waals surface area contributed by atoms with E-state index in [9.17, 15) is 10.1 Å². The molecule has 1 amide bonds. The number of rotatable bonds is 5. The fourth-order valence-electron chi connectivity index (χ4n) is 2.09. The molecule has 2 aromatic rings. The fourth-order valence-corrected chi connectivity index (χ4v) is 2.66. The summed E-state index contributed by atoms with van der Waals surface area (Å²) in [6, 6.07) is 12.1. The Balaban J connectivity index is 2.36. The van der Waals surface area contributed by atoms with Crippen molar-refractivity contribution in [3.8, 4) is 24.2 Å². The highest BCUT2D eigenvalue weighted by Crippen LogP contribution is 2.34. The van der Waals surface area contributed by atoms with Gasteiger partial charge in [-0.25, -0.2) is 0 Å². The number of terminal acetylenes is 1. The Morgan fingerprint density at radius 3 is 2.62 bits per heavy atom. The normalized spacial score (nSPS) is 10.6. The third-order valence-corrected chi connectivity index (χ3v) is 3.81. The van der Waals surface area contributed by atoms with Gasteiger partial charge in [0.25, 0.3) is 5.91 Å². The van der Waals surface area contributed by atoms with Crippen LogP contribution in [0.1, 0.15) is 11.1 Å². The van der Waals surface area contributed by atoms with Crippen LogP contribution in [0, 0.1) is 30.6 Å². The largest absolute Gasteiger partial charge is 0.479 e. The molecule has 2 aromatic carbocycles. The van der Waals surface area contributed by atoms with Gasteiger partial charge in [-0.15, -0.1) is 6.42 Å². The number of anilines is 1. The van der Waals surface area contributed by atoms with Gasteiger partial charge in [-0.1, -0.05) is 46.8 Å². The number of ether oxygens (including phenoxy) is 1. The molecule has 0 saturated carbocycles. The molecule has 0 aromatic heterocycles. The number of hydrogen-bond acceptors (Lipinski definition) is 3. The number of nitrogens with zero attached hydrogens (tertiary/aromatic N) is 1. The van der Waals surface area contributed by atoms with Crippen LogP contribution in [-0.2, 0) is 4.79 Å². The Labute approximate surface area is 162 Å². The molecule has 0 unspecified atom stereocenters. The van der Waals surface area contributed by atoms with Crippen molar-refractivity contribution in [2.24, 2.45) is 0 Å². The second kappa shape index (κ2) is 8.97. The predicted octanol–water partition coefficient (Wildman–Crippen LogP) is 4.86. The van der Waals surface area contributed by atoms with E-state index < -0.39 is 5.91 Å². The van der Waals surface area contributed by atoms with Crippen molar-refractivity contribution >= 4 is 40.9 Å². The first kappa shape index (κ1) is 19.4. The molecule has 0 aliphatic rings. The van der Waals surface area contributed by atoms with Crippen LogP contribution < -0.4 is 10.1 Å². The summed E-state index contributed by atoms with van der Waals surface area (Å²) in [6.45, 7) is 1.92. The van der Waals surface area contributed by atoms with Crippen LogP contribution in [0.2, 0.25) is 10.0 Å². The van der Waals surface area contributed by atoms with Gasteiger partial charge in [0, 0.05) is 16.3 Å². The van der Waals surface area contributed by atoms with Crippen LogP contribution in [0.4, 0.5) is 5.69 Å². The quantitative estimate of drug-likeness (QED) is 0.454. The molecule has 0 aliphatic carbocycles. The zero-order valence-electron chi connectivity index (χ0n) is 13.8. The number of amides is 1. The average Bonchev–Trinajstić information content (AvgIpc) is 2.60. The van der Waals surface area contributed by atoms with Crippen LogP contribution in [-0.4, -0.2) is 12.5 Å². The lowest BCUT2D eigenvalue weighted by molar-refractivity contribution is -0.112. The Morgan fingerprint density at radius 1 is 1.31 bits per heavy atom. The molecule has 26 heavy (non-hydrogen) atoms. The molecule has 130 valence electrons. The number of aryl methyl sites for hydroxylation is 1. The molecule has 1 N–H and O–H groups in total. The summed E-state index contributed by atoms with van der Waals surface area (Å²) in [7, 11) is 0. The number of carbonyl (C=O) groups excluding carboxylic acids is 1. The summed E-state index contributed by atoms with van der Waals surface area (Å²) < 4.78 is 5.42. The number of hydrogen-bond donors (Lipinski definition) is 1. The Morgan fingerprint density at radius 2 is 2.00 bits per heavy atom. The third kappa shape index (κ3) is 5.04. The van der Waals surface area contributed by atoms with Gasteiger partial charge >= 0.3 is 0 Å². The van der Waals surface area contributed by atoms with E-state index in [1.54, 1.807) is 12.1 Å². The van der Waals surface area contributed by atoms with Crippen molar-refractivity contribution in [2.45, 2.75) is 6.92 Å². The lowest BCUT2D eigenvalue weighted by Crippen LogP contribution is -2.13. The van der Waals surface area contributed by atoms with Gasteiger partial charge in [0.15, 0.2) is 0 Å². The van der Waals surface area contributed by atoms with E-state index in [1.165, 1.54) is 18.2 Å². The zero-order chi connectivity index (χ0) is 19.1. The van der Waals surface area contributed by atoms with Crippen LogP contribution in [0.15, 0.2) is 42.0 Å². The van der Waals surface area contributed by atoms with E-state index in [2.05, 4.69) is 11.2 Å². The third-order valence-electron chi connectivity index (χ3n) is 3.31. The standard InChI is InChI=1S/C20H14Cl2N2O2/c1-3-8-26-19-14(10-16(21)11-18(19)22)9-15(12-23)20(25)24-17-6-4-13(2)5-7-17/h1,4-7,9-11H,8H2,2H3,(H,24,25)/b15-9+. The monoisotopic (exact) mass is 384 g/mol. The molecule has 0 radical (unpaired) electrons. The SMILES string of the molecule is C#CCOc1c(Cl)cc(Cl)cc1/C=C(\C#N)C(=O)Nc1ccc(C)cc1. The maximum atomic E-state index is 12.4. The van der Waals surface area contributed by atoms with E-state index in [-0.39, 0.29) is 23.0 Å². The van der Waals surface area contributed by atoms with Gasteiger partial charge < -0.3 is 10.1 Å². The molecule has 0 aliphatic heterocycles. The lowest BCUT2D eigenvalue weighted by Gasteiger charge is -2.10. The Bertz CT molecular complexity index is 936. The van der Waals surface area contributed by atoms with E-state index in [0.717, 1.165) is 5.56 Å². The summed E-state index contributed by atoms with van der Waals surface area (Å²) in [4.78, 5) is 12.4. The van der Waals surface area contributed by atoms with E-state index in [0.29, 0.717) is 16.3 Å². The first-order valence-corrected chi connectivity index (χ1v) is 8.25. The molecule has 0 spiro atoms. The molecular formula is C20H14Cl2N2O2. The highest BCUT2D eigenvalue weighted by molar-refractivity contribution is 6.36. The second-order valence-electron chi connectivity index (χ2n) is 5.29. The number of halogens is 2. The van der Waals surface area contributed by atoms with Gasteiger partial charge in [-0.3, -0.25) is 4.79 Å². The van der Waals surface area contributed by atoms with Crippen LogP contribution in [0.25, 0.3) is 6.08 Å². The molecule has 6 heteroatoms. The van der Waals surface area contributed by atoms with Crippen LogP contribution in [0.5, 0.6) is 5.75 Å². The van der Waals surface area contributed by atoms with Gasteiger partial charge in [0.05, 0.1) is 5.02 Å². The lowest BCUT2D eigenvalue weighted by atomic mass is 10.1. The Kier molecular flexibility index (Phi) is 6.69. The highest BCUT2D eigenvalue weighted by Gasteiger charge is 2.14. The number of benzene rings is 2. The maximum absolute atomic E-state index is 12.4. The minimum absolute atomic E-state index is 0.0142. The number of carbonyl (C=O) groups is 1. The minimum Gasteiger partial charge on any atom is -0.479 e. The molecule has 0 fully saturated rings. The molecule has 0 atom stereocenters. The number of nitriles is 1. The summed E-state index contributed by atoms with van der Waals surface area (Å²) in [5, 5.41) is 12.6. The van der Waals surface area contributed by atoms with Gasteiger partial charge in [-0.05, 0) is 37.3 Å².